The molecule has 1 amide bonds. The van der Waals surface area contributed by atoms with E-state index in [0.717, 1.165) is 70.5 Å². The lowest BCUT2D eigenvalue weighted by Gasteiger charge is -2.33. The Labute approximate surface area is 149 Å². The number of nitrogens with one attached hydrogen (secondary N) is 1. The van der Waals surface area contributed by atoms with Crippen LogP contribution in [0.3, 0.4) is 0 Å². The number of morpholine rings is 1. The van der Waals surface area contributed by atoms with Gasteiger partial charge in [0.05, 0.1) is 32.0 Å². The van der Waals surface area contributed by atoms with Gasteiger partial charge in [-0.1, -0.05) is 6.92 Å². The molecule has 25 heavy (non-hydrogen) atoms. The first-order valence-corrected chi connectivity index (χ1v) is 9.09. The summed E-state index contributed by atoms with van der Waals surface area (Å²) in [6.07, 6.45) is 1.57. The standard InChI is InChI=1S/C17H28N6O2/c1-2-21-3-5-22(6-4-21)13-17(24)18-12-15-11-16(20-14-19-15)23-7-9-25-10-8-23/h11,14H,2-10,12-13H2,1H3,(H,18,24). The van der Waals surface area contributed by atoms with E-state index in [1.807, 2.05) is 6.07 Å². The molecule has 0 unspecified atom stereocenters. The van der Waals surface area contributed by atoms with E-state index < -0.39 is 0 Å². The molecule has 1 N–H and O–H groups in total. The molecule has 2 aliphatic heterocycles. The molecule has 0 atom stereocenters. The third-order valence-electron chi connectivity index (χ3n) is 4.79. The number of anilines is 1. The average molecular weight is 348 g/mol. The minimum atomic E-state index is 0.0523. The van der Waals surface area contributed by atoms with E-state index in [-0.39, 0.29) is 5.91 Å². The zero-order valence-corrected chi connectivity index (χ0v) is 15.0. The zero-order chi connectivity index (χ0) is 17.5. The average Bonchev–Trinajstić information content (AvgIpc) is 2.68. The molecular formula is C17H28N6O2. The lowest BCUT2D eigenvalue weighted by molar-refractivity contribution is -0.122. The molecule has 8 nitrogen and oxygen atoms in total. The van der Waals surface area contributed by atoms with E-state index in [9.17, 15) is 4.79 Å². The van der Waals surface area contributed by atoms with Crippen molar-refractivity contribution in [1.82, 2.24) is 25.1 Å². The molecular weight excluding hydrogens is 320 g/mol. The molecule has 3 rings (SSSR count). The number of amides is 1. The topological polar surface area (TPSA) is 73.8 Å². The predicted octanol–water partition coefficient (Wildman–Crippen LogP) is -0.433. The van der Waals surface area contributed by atoms with Crippen LogP contribution in [0.5, 0.6) is 0 Å². The first-order valence-electron chi connectivity index (χ1n) is 9.09. The molecule has 0 bridgehead atoms. The van der Waals surface area contributed by atoms with Gasteiger partial charge in [0.2, 0.25) is 5.91 Å². The predicted molar refractivity (Wildman–Crippen MR) is 95.5 cm³/mol. The van der Waals surface area contributed by atoms with Crippen LogP contribution in [0.1, 0.15) is 12.6 Å². The molecule has 3 heterocycles. The van der Waals surface area contributed by atoms with Crippen molar-refractivity contribution >= 4 is 11.7 Å². The van der Waals surface area contributed by atoms with E-state index in [1.165, 1.54) is 0 Å². The van der Waals surface area contributed by atoms with Crippen LogP contribution < -0.4 is 10.2 Å². The molecule has 2 aliphatic rings. The summed E-state index contributed by atoms with van der Waals surface area (Å²) >= 11 is 0. The van der Waals surface area contributed by atoms with Crippen molar-refractivity contribution in [2.75, 3.05) is 70.5 Å². The molecule has 0 saturated carbocycles. The number of hydrogen-bond donors (Lipinski definition) is 1. The van der Waals surface area contributed by atoms with E-state index in [4.69, 9.17) is 4.74 Å². The number of carbonyl (C=O) groups is 1. The van der Waals surface area contributed by atoms with Gasteiger partial charge < -0.3 is 19.9 Å². The monoisotopic (exact) mass is 348 g/mol. The molecule has 138 valence electrons. The largest absolute Gasteiger partial charge is 0.378 e. The summed E-state index contributed by atoms with van der Waals surface area (Å²) in [4.78, 5) is 27.6. The van der Waals surface area contributed by atoms with Crippen molar-refractivity contribution in [2.45, 2.75) is 13.5 Å². The molecule has 1 aromatic rings. The Morgan fingerprint density at radius 3 is 2.56 bits per heavy atom. The van der Waals surface area contributed by atoms with Gasteiger partial charge in [0.25, 0.3) is 0 Å². The van der Waals surface area contributed by atoms with Gasteiger partial charge in [-0.2, -0.15) is 0 Å². The van der Waals surface area contributed by atoms with Gasteiger partial charge in [-0.05, 0) is 6.54 Å². The second kappa shape index (κ2) is 9.07. The molecule has 0 spiro atoms. The van der Waals surface area contributed by atoms with Crippen molar-refractivity contribution in [3.05, 3.63) is 18.1 Å². The van der Waals surface area contributed by atoms with Gasteiger partial charge in [-0.15, -0.1) is 0 Å². The fourth-order valence-electron chi connectivity index (χ4n) is 3.16. The molecule has 2 saturated heterocycles. The molecule has 8 heteroatoms. The number of aromatic nitrogens is 2. The number of piperazine rings is 1. The Morgan fingerprint density at radius 1 is 1.12 bits per heavy atom. The second-order valence-electron chi connectivity index (χ2n) is 6.45. The smallest absolute Gasteiger partial charge is 0.234 e. The van der Waals surface area contributed by atoms with Crippen LogP contribution in [-0.2, 0) is 16.1 Å². The van der Waals surface area contributed by atoms with Gasteiger partial charge in [0.1, 0.15) is 12.1 Å². The van der Waals surface area contributed by atoms with Crippen LogP contribution in [0, 0.1) is 0 Å². The van der Waals surface area contributed by atoms with Crippen LogP contribution in [0.15, 0.2) is 12.4 Å². The molecule has 0 aliphatic carbocycles. The maximum Gasteiger partial charge on any atom is 0.234 e. The first kappa shape index (κ1) is 18.0. The van der Waals surface area contributed by atoms with E-state index in [0.29, 0.717) is 13.1 Å². The summed E-state index contributed by atoms with van der Waals surface area (Å²) in [5.41, 5.74) is 0.834. The highest BCUT2D eigenvalue weighted by Gasteiger charge is 2.18. The van der Waals surface area contributed by atoms with Crippen LogP contribution in [-0.4, -0.2) is 91.2 Å². The normalized spacial score (nSPS) is 19.8. The number of hydrogen-bond acceptors (Lipinski definition) is 7. The number of rotatable bonds is 6. The van der Waals surface area contributed by atoms with E-state index in [2.05, 4.69) is 36.9 Å². The number of ether oxygens (including phenoxy) is 1. The van der Waals surface area contributed by atoms with Crippen molar-refractivity contribution in [3.8, 4) is 0 Å². The second-order valence-corrected chi connectivity index (χ2v) is 6.45. The Hall–Kier alpha value is -1.77. The highest BCUT2D eigenvalue weighted by Crippen LogP contribution is 2.12. The summed E-state index contributed by atoms with van der Waals surface area (Å²) in [6.45, 7) is 11.3. The van der Waals surface area contributed by atoms with Gasteiger partial charge in [0.15, 0.2) is 0 Å². The Bertz CT molecular complexity index is 556. The fraction of sp³-hybridized carbons (Fsp3) is 0.706. The van der Waals surface area contributed by atoms with Gasteiger partial charge in [-0.3, -0.25) is 9.69 Å². The van der Waals surface area contributed by atoms with Crippen molar-refractivity contribution in [2.24, 2.45) is 0 Å². The SMILES string of the molecule is CCN1CCN(CC(=O)NCc2cc(N3CCOCC3)ncn2)CC1. The van der Waals surface area contributed by atoms with Crippen LogP contribution >= 0.6 is 0 Å². The minimum absolute atomic E-state index is 0.0523. The number of likely N-dealkylation sites (N-methyl/N-ethyl adjacent to an activating group) is 1. The van der Waals surface area contributed by atoms with E-state index in [1.54, 1.807) is 6.33 Å². The quantitative estimate of drug-likeness (QED) is 0.747. The summed E-state index contributed by atoms with van der Waals surface area (Å²) < 4.78 is 5.37. The summed E-state index contributed by atoms with van der Waals surface area (Å²) in [6, 6.07) is 1.95. The third kappa shape index (κ3) is 5.35. The number of carbonyl (C=O) groups excluding carboxylic acids is 1. The van der Waals surface area contributed by atoms with Gasteiger partial charge in [0, 0.05) is 45.3 Å². The molecule has 1 aromatic heterocycles. The molecule has 0 aromatic carbocycles. The van der Waals surface area contributed by atoms with Gasteiger partial charge >= 0.3 is 0 Å². The lowest BCUT2D eigenvalue weighted by atomic mass is 10.3. The zero-order valence-electron chi connectivity index (χ0n) is 15.0. The fourth-order valence-corrected chi connectivity index (χ4v) is 3.16. The van der Waals surface area contributed by atoms with Crippen molar-refractivity contribution in [1.29, 1.82) is 0 Å². The van der Waals surface area contributed by atoms with Crippen LogP contribution in [0.25, 0.3) is 0 Å². The van der Waals surface area contributed by atoms with Gasteiger partial charge in [-0.25, -0.2) is 9.97 Å². The van der Waals surface area contributed by atoms with E-state index >= 15 is 0 Å². The maximum atomic E-state index is 12.2. The maximum absolute atomic E-state index is 12.2. The highest BCUT2D eigenvalue weighted by atomic mass is 16.5. The Kier molecular flexibility index (Phi) is 6.55. The minimum Gasteiger partial charge on any atom is -0.378 e. The lowest BCUT2D eigenvalue weighted by Crippen LogP contribution is -2.49. The summed E-state index contributed by atoms with van der Waals surface area (Å²) in [7, 11) is 0. The summed E-state index contributed by atoms with van der Waals surface area (Å²) in [5.74, 6) is 0.953. The van der Waals surface area contributed by atoms with Crippen LogP contribution in [0.2, 0.25) is 0 Å². The third-order valence-corrected chi connectivity index (χ3v) is 4.79. The molecule has 0 radical (unpaired) electrons. The van der Waals surface area contributed by atoms with Crippen LogP contribution in [0.4, 0.5) is 5.82 Å². The molecule has 2 fully saturated rings. The van der Waals surface area contributed by atoms with Crippen molar-refractivity contribution in [3.63, 3.8) is 0 Å². The first-order chi connectivity index (χ1) is 12.2. The highest BCUT2D eigenvalue weighted by molar-refractivity contribution is 5.78. The Balaban J connectivity index is 1.44. The van der Waals surface area contributed by atoms with Crippen molar-refractivity contribution < 1.29 is 9.53 Å². The summed E-state index contributed by atoms with van der Waals surface area (Å²) in [5, 5.41) is 2.97. The number of nitrogens with zero attached hydrogens (tertiary/aromatic N) is 5. The Morgan fingerprint density at radius 2 is 1.84 bits per heavy atom.